The molecule has 0 aliphatic carbocycles. The van der Waals surface area contributed by atoms with E-state index in [1.165, 1.54) is 6.92 Å². The Morgan fingerprint density at radius 3 is 2.48 bits per heavy atom. The number of esters is 1. The minimum absolute atomic E-state index is 0.147. The Bertz CT molecular complexity index is 610. The van der Waals surface area contributed by atoms with Gasteiger partial charge in [0, 0.05) is 10.5 Å². The lowest BCUT2D eigenvalue weighted by Crippen LogP contribution is -2.37. The van der Waals surface area contributed by atoms with Crippen molar-refractivity contribution in [2.45, 2.75) is 39.9 Å². The molecule has 1 aromatic carbocycles. The minimum atomic E-state index is -0.624. The van der Waals surface area contributed by atoms with Gasteiger partial charge in [0.05, 0.1) is 6.54 Å². The van der Waals surface area contributed by atoms with Crippen molar-refractivity contribution in [3.63, 3.8) is 0 Å². The lowest BCUT2D eigenvalue weighted by atomic mass is 10.2. The summed E-state index contributed by atoms with van der Waals surface area (Å²) in [4.78, 5) is 28.7. The predicted octanol–water partition coefficient (Wildman–Crippen LogP) is 4.08. The van der Waals surface area contributed by atoms with Crippen LogP contribution in [0.1, 0.15) is 33.3 Å². The van der Waals surface area contributed by atoms with Crippen LogP contribution in [0.2, 0.25) is 0 Å². The zero-order chi connectivity index (χ0) is 18.9. The number of hydrogen-bond donors (Lipinski definition) is 0. The van der Waals surface area contributed by atoms with Gasteiger partial charge >= 0.3 is 12.1 Å². The normalized spacial score (nSPS) is 11.4. The molecule has 138 valence electrons. The molecular formula is C18H24INO5. The lowest BCUT2D eigenvalue weighted by Gasteiger charge is -2.26. The van der Waals surface area contributed by atoms with Crippen LogP contribution < -0.4 is 0 Å². The van der Waals surface area contributed by atoms with Crippen molar-refractivity contribution in [3.05, 3.63) is 45.6 Å². The highest BCUT2D eigenvalue weighted by Crippen LogP contribution is 2.15. The van der Waals surface area contributed by atoms with Gasteiger partial charge in [-0.05, 0) is 61.1 Å². The second-order valence-electron chi connectivity index (χ2n) is 6.18. The molecule has 0 bridgehead atoms. The molecular weight excluding hydrogens is 437 g/mol. The van der Waals surface area contributed by atoms with Crippen LogP contribution in [0.5, 0.6) is 0 Å². The maximum absolute atomic E-state index is 12.3. The predicted molar refractivity (Wildman–Crippen MR) is 103 cm³/mol. The van der Waals surface area contributed by atoms with Crippen molar-refractivity contribution in [1.82, 2.24) is 5.06 Å². The maximum atomic E-state index is 12.3. The summed E-state index contributed by atoms with van der Waals surface area (Å²) in [7, 11) is 0. The van der Waals surface area contributed by atoms with Gasteiger partial charge in [-0.1, -0.05) is 24.3 Å². The van der Waals surface area contributed by atoms with E-state index in [2.05, 4.69) is 22.6 Å². The van der Waals surface area contributed by atoms with Gasteiger partial charge in [-0.15, -0.1) is 0 Å². The highest BCUT2D eigenvalue weighted by atomic mass is 127. The Morgan fingerprint density at radius 1 is 1.20 bits per heavy atom. The van der Waals surface area contributed by atoms with Crippen molar-refractivity contribution in [1.29, 1.82) is 0 Å². The third kappa shape index (κ3) is 9.45. The summed E-state index contributed by atoms with van der Waals surface area (Å²) in [5.41, 5.74) is 0.349. The second kappa shape index (κ2) is 10.4. The van der Waals surface area contributed by atoms with Gasteiger partial charge in [-0.25, -0.2) is 4.79 Å². The number of ether oxygens (including phenoxy) is 2. The van der Waals surface area contributed by atoms with Crippen molar-refractivity contribution in [2.24, 2.45) is 0 Å². The monoisotopic (exact) mass is 461 g/mol. The van der Waals surface area contributed by atoms with Crippen molar-refractivity contribution in [2.75, 3.05) is 13.2 Å². The summed E-state index contributed by atoms with van der Waals surface area (Å²) in [6.07, 6.45) is 2.76. The number of halogens is 1. The fourth-order valence-corrected chi connectivity index (χ4v) is 2.20. The van der Waals surface area contributed by atoms with Gasteiger partial charge in [0.2, 0.25) is 0 Å². The molecule has 25 heavy (non-hydrogen) atoms. The van der Waals surface area contributed by atoms with Crippen molar-refractivity contribution < 1.29 is 23.9 Å². The Balaban J connectivity index is 2.68. The first-order valence-electron chi connectivity index (χ1n) is 7.84. The minimum Gasteiger partial charge on any atom is -0.462 e. The van der Waals surface area contributed by atoms with Crippen LogP contribution in [0.25, 0.3) is 0 Å². The molecule has 0 aliphatic heterocycles. The van der Waals surface area contributed by atoms with Crippen LogP contribution in [0.15, 0.2) is 36.4 Å². The van der Waals surface area contributed by atoms with Crippen LogP contribution in [0.3, 0.4) is 0 Å². The number of carbonyl (C=O) groups excluding carboxylic acids is 2. The standard InChI is InChI=1S/C18H24INO5/c1-14(21)23-12-8-7-11-20(17(22)25-18(2,3)4)24-13-15-9-5-6-10-16(15)19/h5-10H,11-13H2,1-4H3/b8-7+. The maximum Gasteiger partial charge on any atom is 0.434 e. The SMILES string of the molecule is CC(=O)OC/C=C/CN(OCc1ccccc1I)C(=O)OC(C)(C)C. The van der Waals surface area contributed by atoms with Gasteiger partial charge in [-0.2, -0.15) is 5.06 Å². The van der Waals surface area contributed by atoms with E-state index >= 15 is 0 Å². The summed E-state index contributed by atoms with van der Waals surface area (Å²) < 4.78 is 11.2. The summed E-state index contributed by atoms with van der Waals surface area (Å²) in [6, 6.07) is 7.76. The zero-order valence-electron chi connectivity index (χ0n) is 15.0. The first-order valence-corrected chi connectivity index (χ1v) is 8.92. The quantitative estimate of drug-likeness (QED) is 0.265. The Hall–Kier alpha value is -1.61. The van der Waals surface area contributed by atoms with Crippen LogP contribution in [0.4, 0.5) is 4.79 Å². The van der Waals surface area contributed by atoms with E-state index in [1.807, 2.05) is 24.3 Å². The van der Waals surface area contributed by atoms with E-state index in [0.717, 1.165) is 14.2 Å². The third-order valence-electron chi connectivity index (χ3n) is 2.75. The molecule has 0 N–H and O–H groups in total. The number of benzene rings is 1. The first kappa shape index (κ1) is 21.4. The van der Waals surface area contributed by atoms with Crippen molar-refractivity contribution in [3.8, 4) is 0 Å². The largest absolute Gasteiger partial charge is 0.462 e. The topological polar surface area (TPSA) is 65.1 Å². The average Bonchev–Trinajstić information content (AvgIpc) is 2.49. The molecule has 0 aliphatic rings. The van der Waals surface area contributed by atoms with E-state index in [4.69, 9.17) is 14.3 Å². The highest BCUT2D eigenvalue weighted by molar-refractivity contribution is 14.1. The van der Waals surface area contributed by atoms with E-state index in [-0.39, 0.29) is 25.7 Å². The summed E-state index contributed by atoms with van der Waals surface area (Å²) in [6.45, 7) is 7.29. The lowest BCUT2D eigenvalue weighted by molar-refractivity contribution is -0.150. The summed E-state index contributed by atoms with van der Waals surface area (Å²) in [5, 5.41) is 1.15. The summed E-state index contributed by atoms with van der Waals surface area (Å²) >= 11 is 2.22. The van der Waals surface area contributed by atoms with Crippen LogP contribution >= 0.6 is 22.6 Å². The van der Waals surface area contributed by atoms with E-state index in [1.54, 1.807) is 32.9 Å². The number of hydroxylamine groups is 2. The van der Waals surface area contributed by atoms with Gasteiger partial charge in [0.25, 0.3) is 0 Å². The number of amides is 1. The number of nitrogens with zero attached hydrogens (tertiary/aromatic N) is 1. The smallest absolute Gasteiger partial charge is 0.434 e. The van der Waals surface area contributed by atoms with Crippen LogP contribution in [-0.2, 0) is 25.7 Å². The molecule has 1 aromatic rings. The molecule has 0 atom stereocenters. The molecule has 7 heteroatoms. The zero-order valence-corrected chi connectivity index (χ0v) is 17.1. The fraction of sp³-hybridized carbons (Fsp3) is 0.444. The molecule has 0 saturated carbocycles. The van der Waals surface area contributed by atoms with Crippen LogP contribution in [-0.4, -0.2) is 35.9 Å². The van der Waals surface area contributed by atoms with Crippen molar-refractivity contribution >= 4 is 34.7 Å². The van der Waals surface area contributed by atoms with E-state index in [9.17, 15) is 9.59 Å². The molecule has 6 nitrogen and oxygen atoms in total. The molecule has 1 rings (SSSR count). The Kier molecular flexibility index (Phi) is 8.91. The molecule has 0 saturated heterocycles. The fourth-order valence-electron chi connectivity index (χ4n) is 1.66. The van der Waals surface area contributed by atoms with E-state index < -0.39 is 11.7 Å². The second-order valence-corrected chi connectivity index (χ2v) is 7.34. The Labute approximate surface area is 162 Å². The van der Waals surface area contributed by atoms with Gasteiger partial charge in [0.15, 0.2) is 0 Å². The Morgan fingerprint density at radius 2 is 1.88 bits per heavy atom. The van der Waals surface area contributed by atoms with Crippen LogP contribution in [0, 0.1) is 3.57 Å². The number of rotatable bonds is 7. The molecule has 0 spiro atoms. The summed E-state index contributed by atoms with van der Waals surface area (Å²) in [5.74, 6) is -0.358. The van der Waals surface area contributed by atoms with Gasteiger partial charge < -0.3 is 9.47 Å². The molecule has 0 aromatic heterocycles. The highest BCUT2D eigenvalue weighted by Gasteiger charge is 2.22. The molecule has 1 amide bonds. The van der Waals surface area contributed by atoms with Gasteiger partial charge in [0.1, 0.15) is 18.8 Å². The molecule has 0 fully saturated rings. The number of hydrogen-bond acceptors (Lipinski definition) is 5. The van der Waals surface area contributed by atoms with E-state index in [0.29, 0.717) is 0 Å². The molecule has 0 heterocycles. The first-order chi connectivity index (χ1) is 11.7. The molecule has 0 unspecified atom stereocenters. The number of carbonyl (C=O) groups is 2. The average molecular weight is 461 g/mol. The third-order valence-corrected chi connectivity index (χ3v) is 3.80. The molecule has 0 radical (unpaired) electrons. The van der Waals surface area contributed by atoms with Gasteiger partial charge in [-0.3, -0.25) is 9.63 Å².